The van der Waals surface area contributed by atoms with Crippen molar-refractivity contribution in [2.75, 3.05) is 5.73 Å². The number of Topliss-reactive ketones (excluding diaryl/α,β-unsaturated/α-hetero) is 1. The van der Waals surface area contributed by atoms with Gasteiger partial charge in [0.1, 0.15) is 5.82 Å². The molecule has 0 saturated heterocycles. The van der Waals surface area contributed by atoms with Crippen LogP contribution in [-0.2, 0) is 0 Å². The molecule has 0 atom stereocenters. The summed E-state index contributed by atoms with van der Waals surface area (Å²) in [5, 5.41) is 0.110. The van der Waals surface area contributed by atoms with Crippen molar-refractivity contribution in [2.45, 2.75) is 13.3 Å². The maximum absolute atomic E-state index is 12.8. The largest absolute Gasteiger partial charge is 0.396 e. The van der Waals surface area contributed by atoms with Gasteiger partial charge < -0.3 is 5.73 Å². The summed E-state index contributed by atoms with van der Waals surface area (Å²) in [7, 11) is 0. The van der Waals surface area contributed by atoms with Crippen molar-refractivity contribution in [3.8, 4) is 0 Å². The number of ketones is 1. The summed E-state index contributed by atoms with van der Waals surface area (Å²) in [5.41, 5.74) is 5.52. The fraction of sp³-hybridized carbons (Fsp3) is 0.222. The molecule has 2 N–H and O–H groups in total. The van der Waals surface area contributed by atoms with Crippen LogP contribution in [0.1, 0.15) is 23.7 Å². The van der Waals surface area contributed by atoms with E-state index < -0.39 is 5.82 Å². The number of anilines is 1. The van der Waals surface area contributed by atoms with Gasteiger partial charge in [-0.15, -0.1) is 0 Å². The quantitative estimate of drug-likeness (QED) is 0.591. The third kappa shape index (κ3) is 1.98. The van der Waals surface area contributed by atoms with Gasteiger partial charge in [0.2, 0.25) is 0 Å². The SMILES string of the molecule is CCC(=O)c1cc(N)c(F)cc1Cl. The first-order chi connectivity index (χ1) is 6.06. The lowest BCUT2D eigenvalue weighted by atomic mass is 10.1. The third-order valence-electron chi connectivity index (χ3n) is 1.71. The molecule has 0 aliphatic heterocycles. The maximum atomic E-state index is 12.8. The van der Waals surface area contributed by atoms with Crippen molar-refractivity contribution < 1.29 is 9.18 Å². The van der Waals surface area contributed by atoms with Crippen molar-refractivity contribution in [3.63, 3.8) is 0 Å². The Morgan fingerprint density at radius 2 is 2.23 bits per heavy atom. The van der Waals surface area contributed by atoms with Gasteiger partial charge in [-0.05, 0) is 12.1 Å². The molecule has 0 heterocycles. The summed E-state index contributed by atoms with van der Waals surface area (Å²) in [6, 6.07) is 2.32. The van der Waals surface area contributed by atoms with Crippen molar-refractivity contribution in [3.05, 3.63) is 28.5 Å². The Hall–Kier alpha value is -1.09. The standard InChI is InChI=1S/C9H9ClFNO/c1-2-9(13)5-3-8(12)7(11)4-6(5)10/h3-4H,2,12H2,1H3. The van der Waals surface area contributed by atoms with E-state index in [0.29, 0.717) is 6.42 Å². The van der Waals surface area contributed by atoms with Gasteiger partial charge >= 0.3 is 0 Å². The lowest BCUT2D eigenvalue weighted by Gasteiger charge is -2.03. The molecular formula is C9H9ClFNO. The Labute approximate surface area is 80.5 Å². The van der Waals surface area contributed by atoms with Crippen LogP contribution in [0.15, 0.2) is 12.1 Å². The molecule has 1 aromatic carbocycles. The summed E-state index contributed by atoms with van der Waals surface area (Å²) in [4.78, 5) is 11.2. The van der Waals surface area contributed by atoms with Gasteiger partial charge in [-0.25, -0.2) is 4.39 Å². The second-order valence-electron chi connectivity index (χ2n) is 2.63. The Morgan fingerprint density at radius 1 is 1.62 bits per heavy atom. The second kappa shape index (κ2) is 3.75. The second-order valence-corrected chi connectivity index (χ2v) is 3.04. The minimum atomic E-state index is -0.599. The molecule has 0 radical (unpaired) electrons. The van der Waals surface area contributed by atoms with Crippen LogP contribution in [0.25, 0.3) is 0 Å². The highest BCUT2D eigenvalue weighted by Crippen LogP contribution is 2.23. The molecular weight excluding hydrogens is 193 g/mol. The highest BCUT2D eigenvalue weighted by molar-refractivity contribution is 6.34. The average Bonchev–Trinajstić information content (AvgIpc) is 2.10. The Morgan fingerprint density at radius 3 is 2.77 bits per heavy atom. The van der Waals surface area contributed by atoms with Crippen LogP contribution in [0.5, 0.6) is 0 Å². The van der Waals surface area contributed by atoms with E-state index in [-0.39, 0.29) is 22.1 Å². The van der Waals surface area contributed by atoms with E-state index in [1.165, 1.54) is 6.07 Å². The summed E-state index contributed by atoms with van der Waals surface area (Å²) < 4.78 is 12.8. The van der Waals surface area contributed by atoms with Gasteiger partial charge in [-0.3, -0.25) is 4.79 Å². The first kappa shape index (κ1) is 9.99. The zero-order chi connectivity index (χ0) is 10.0. The molecule has 1 rings (SSSR count). The number of rotatable bonds is 2. The maximum Gasteiger partial charge on any atom is 0.164 e. The lowest BCUT2D eigenvalue weighted by molar-refractivity contribution is 0.0988. The summed E-state index contributed by atoms with van der Waals surface area (Å²) in [6.07, 6.45) is 0.324. The summed E-state index contributed by atoms with van der Waals surface area (Å²) >= 11 is 5.66. The van der Waals surface area contributed by atoms with Crippen LogP contribution in [0.2, 0.25) is 5.02 Å². The summed E-state index contributed by atoms with van der Waals surface area (Å²) in [6.45, 7) is 1.71. The first-order valence-electron chi connectivity index (χ1n) is 3.84. The van der Waals surface area contributed by atoms with Crippen LogP contribution >= 0.6 is 11.6 Å². The van der Waals surface area contributed by atoms with Gasteiger partial charge in [-0.1, -0.05) is 18.5 Å². The number of hydrogen-bond acceptors (Lipinski definition) is 2. The highest BCUT2D eigenvalue weighted by Gasteiger charge is 2.11. The third-order valence-corrected chi connectivity index (χ3v) is 2.02. The van der Waals surface area contributed by atoms with Crippen molar-refractivity contribution in [2.24, 2.45) is 0 Å². The molecule has 0 amide bonds. The zero-order valence-corrected chi connectivity index (χ0v) is 7.86. The van der Waals surface area contributed by atoms with Crippen molar-refractivity contribution in [1.29, 1.82) is 0 Å². The Balaban J connectivity index is 3.23. The average molecular weight is 202 g/mol. The topological polar surface area (TPSA) is 43.1 Å². The number of carbonyl (C=O) groups is 1. The van der Waals surface area contributed by atoms with Crippen LogP contribution < -0.4 is 5.73 Å². The molecule has 4 heteroatoms. The molecule has 0 bridgehead atoms. The van der Waals surface area contributed by atoms with Crippen LogP contribution in [0, 0.1) is 5.82 Å². The molecule has 70 valence electrons. The molecule has 1 aromatic rings. The number of benzene rings is 1. The smallest absolute Gasteiger partial charge is 0.164 e. The van der Waals surface area contributed by atoms with Crippen molar-refractivity contribution in [1.82, 2.24) is 0 Å². The fourth-order valence-corrected chi connectivity index (χ4v) is 1.23. The molecule has 0 saturated carbocycles. The van der Waals surface area contributed by atoms with E-state index in [2.05, 4.69) is 0 Å². The van der Waals surface area contributed by atoms with E-state index in [4.69, 9.17) is 17.3 Å². The molecule has 0 unspecified atom stereocenters. The number of carbonyl (C=O) groups excluding carboxylic acids is 1. The number of halogens is 2. The predicted molar refractivity (Wildman–Crippen MR) is 50.4 cm³/mol. The fourth-order valence-electron chi connectivity index (χ4n) is 0.970. The van der Waals surface area contributed by atoms with E-state index >= 15 is 0 Å². The minimum Gasteiger partial charge on any atom is -0.396 e. The van der Waals surface area contributed by atoms with E-state index in [1.807, 2.05) is 0 Å². The Kier molecular flexibility index (Phi) is 2.88. The van der Waals surface area contributed by atoms with Gasteiger partial charge in [0.05, 0.1) is 10.7 Å². The van der Waals surface area contributed by atoms with E-state index in [9.17, 15) is 9.18 Å². The zero-order valence-electron chi connectivity index (χ0n) is 7.10. The molecule has 0 aliphatic rings. The summed E-state index contributed by atoms with van der Waals surface area (Å²) in [5.74, 6) is -0.741. The molecule has 0 aliphatic carbocycles. The van der Waals surface area contributed by atoms with Crippen molar-refractivity contribution >= 4 is 23.1 Å². The van der Waals surface area contributed by atoms with Crippen LogP contribution in [0.3, 0.4) is 0 Å². The van der Waals surface area contributed by atoms with Crippen LogP contribution in [-0.4, -0.2) is 5.78 Å². The number of nitrogen functional groups attached to an aromatic ring is 1. The molecule has 0 aromatic heterocycles. The van der Waals surface area contributed by atoms with Gasteiger partial charge in [-0.2, -0.15) is 0 Å². The van der Waals surface area contributed by atoms with Gasteiger partial charge in [0.25, 0.3) is 0 Å². The first-order valence-corrected chi connectivity index (χ1v) is 4.21. The molecule has 13 heavy (non-hydrogen) atoms. The predicted octanol–water partition coefficient (Wildman–Crippen LogP) is 2.65. The number of nitrogens with two attached hydrogens (primary N) is 1. The highest BCUT2D eigenvalue weighted by atomic mass is 35.5. The van der Waals surface area contributed by atoms with Crippen LogP contribution in [0.4, 0.5) is 10.1 Å². The molecule has 0 fully saturated rings. The van der Waals surface area contributed by atoms with Gasteiger partial charge in [0, 0.05) is 12.0 Å². The lowest BCUT2D eigenvalue weighted by Crippen LogP contribution is -2.01. The molecule has 0 spiro atoms. The molecule has 2 nitrogen and oxygen atoms in total. The van der Waals surface area contributed by atoms with E-state index in [1.54, 1.807) is 6.92 Å². The minimum absolute atomic E-state index is 0.0544. The monoisotopic (exact) mass is 201 g/mol. The van der Waals surface area contributed by atoms with Gasteiger partial charge in [0.15, 0.2) is 5.78 Å². The Bertz CT molecular complexity index is 352. The number of hydrogen-bond donors (Lipinski definition) is 1. The van der Waals surface area contributed by atoms with E-state index in [0.717, 1.165) is 6.07 Å². The normalized spacial score (nSPS) is 10.1.